The molecule has 0 N–H and O–H groups in total. The molecule has 3 heteroatoms. The van der Waals surface area contributed by atoms with Crippen LogP contribution in [0.4, 0.5) is 0 Å². The van der Waals surface area contributed by atoms with Gasteiger partial charge in [-0.05, 0) is 36.6 Å². The Morgan fingerprint density at radius 1 is 0.704 bits per heavy atom. The Labute approximate surface area is 162 Å². The van der Waals surface area contributed by atoms with Crippen LogP contribution in [0, 0.1) is 0 Å². The minimum atomic E-state index is -2.21. The monoisotopic (exact) mass is 375 g/mol. The standard InChI is InChI=1S/C24H26NOP/c1-3-25(4-2)24(26)20-27(21-14-8-5-9-15-21,22-16-10-6-11-17-22)23-18-12-7-13-19-23/h5-20H,3-4H2,1-2H3. The summed E-state index contributed by atoms with van der Waals surface area (Å²) in [5.74, 6) is 2.10. The quantitative estimate of drug-likeness (QED) is 0.602. The molecular weight excluding hydrogens is 349 g/mol. The van der Waals surface area contributed by atoms with Crippen LogP contribution in [0.2, 0.25) is 0 Å². The maximum atomic E-state index is 13.2. The minimum absolute atomic E-state index is 0.102. The molecule has 3 aromatic rings. The first kappa shape index (κ1) is 19.2. The van der Waals surface area contributed by atoms with Gasteiger partial charge in [-0.25, -0.2) is 0 Å². The van der Waals surface area contributed by atoms with E-state index >= 15 is 0 Å². The second-order valence-corrected chi connectivity index (χ2v) is 9.62. The van der Waals surface area contributed by atoms with Crippen molar-refractivity contribution < 1.29 is 4.79 Å². The van der Waals surface area contributed by atoms with Gasteiger partial charge in [-0.1, -0.05) is 91.0 Å². The Morgan fingerprint density at radius 2 is 1.04 bits per heavy atom. The highest BCUT2D eigenvalue weighted by Gasteiger charge is 2.27. The van der Waals surface area contributed by atoms with Gasteiger partial charge < -0.3 is 4.90 Å². The van der Waals surface area contributed by atoms with Crippen LogP contribution in [0.15, 0.2) is 91.0 Å². The van der Waals surface area contributed by atoms with Crippen molar-refractivity contribution in [3.8, 4) is 0 Å². The fourth-order valence-electron chi connectivity index (χ4n) is 3.44. The summed E-state index contributed by atoms with van der Waals surface area (Å²) in [6.07, 6.45) is 0. The van der Waals surface area contributed by atoms with E-state index in [1.54, 1.807) is 0 Å². The molecule has 1 amide bonds. The first-order chi connectivity index (χ1) is 13.2. The van der Waals surface area contributed by atoms with Gasteiger partial charge in [-0.3, -0.25) is 4.79 Å². The summed E-state index contributed by atoms with van der Waals surface area (Å²) in [4.78, 5) is 15.1. The number of carbonyl (C=O) groups excluding carboxylic acids is 1. The lowest BCUT2D eigenvalue weighted by Crippen LogP contribution is -2.35. The molecule has 0 aliphatic rings. The third-order valence-corrected chi connectivity index (χ3v) is 8.82. The smallest absolute Gasteiger partial charge is 0.247 e. The average molecular weight is 375 g/mol. The van der Waals surface area contributed by atoms with Crippen molar-refractivity contribution in [2.75, 3.05) is 13.1 Å². The van der Waals surface area contributed by atoms with E-state index in [9.17, 15) is 4.79 Å². The van der Waals surface area contributed by atoms with E-state index < -0.39 is 6.89 Å². The van der Waals surface area contributed by atoms with Crippen molar-refractivity contribution in [2.45, 2.75) is 13.8 Å². The fourth-order valence-corrected chi connectivity index (χ4v) is 7.21. The zero-order valence-corrected chi connectivity index (χ0v) is 16.8. The van der Waals surface area contributed by atoms with Gasteiger partial charge in [0.25, 0.3) is 0 Å². The summed E-state index contributed by atoms with van der Waals surface area (Å²) in [6.45, 7) is 3.28. The van der Waals surface area contributed by atoms with Crippen molar-refractivity contribution in [3.05, 3.63) is 91.0 Å². The highest BCUT2D eigenvalue weighted by Crippen LogP contribution is 2.43. The Bertz CT molecular complexity index is 813. The second-order valence-electron chi connectivity index (χ2n) is 6.37. The first-order valence-corrected chi connectivity index (χ1v) is 11.3. The summed E-state index contributed by atoms with van der Waals surface area (Å²) in [5, 5.41) is 3.59. The molecule has 0 aromatic heterocycles. The van der Waals surface area contributed by atoms with E-state index in [4.69, 9.17) is 0 Å². The van der Waals surface area contributed by atoms with Gasteiger partial charge in [0.15, 0.2) is 0 Å². The molecule has 0 bridgehead atoms. The van der Waals surface area contributed by atoms with Gasteiger partial charge >= 0.3 is 0 Å². The molecule has 0 spiro atoms. The lowest BCUT2D eigenvalue weighted by Gasteiger charge is -2.29. The largest absolute Gasteiger partial charge is 0.340 e. The van der Waals surface area contributed by atoms with E-state index in [0.717, 1.165) is 0 Å². The van der Waals surface area contributed by atoms with Crippen LogP contribution in [-0.4, -0.2) is 29.7 Å². The highest BCUT2D eigenvalue weighted by molar-refractivity contribution is 7.95. The zero-order chi connectivity index (χ0) is 19.1. The van der Waals surface area contributed by atoms with Crippen LogP contribution in [0.3, 0.4) is 0 Å². The van der Waals surface area contributed by atoms with Crippen LogP contribution >= 0.6 is 6.89 Å². The Hall–Kier alpha value is -2.57. The normalized spacial score (nSPS) is 11.0. The highest BCUT2D eigenvalue weighted by atomic mass is 31.2. The van der Waals surface area contributed by atoms with Crippen molar-refractivity contribution in [2.24, 2.45) is 0 Å². The van der Waals surface area contributed by atoms with Crippen LogP contribution in [0.1, 0.15) is 13.8 Å². The lowest BCUT2D eigenvalue weighted by molar-refractivity contribution is -0.123. The molecule has 0 unspecified atom stereocenters. The Morgan fingerprint density at radius 3 is 1.33 bits per heavy atom. The van der Waals surface area contributed by atoms with Crippen LogP contribution < -0.4 is 15.9 Å². The average Bonchev–Trinajstić information content (AvgIpc) is 2.75. The molecule has 0 aliphatic heterocycles. The topological polar surface area (TPSA) is 20.3 Å². The third kappa shape index (κ3) is 3.91. The minimum Gasteiger partial charge on any atom is -0.340 e. The van der Waals surface area contributed by atoms with E-state index in [2.05, 4.69) is 72.8 Å². The molecule has 3 aromatic carbocycles. The van der Waals surface area contributed by atoms with E-state index in [0.29, 0.717) is 13.1 Å². The fraction of sp³-hybridized carbons (Fsp3) is 0.167. The molecule has 2 nitrogen and oxygen atoms in total. The maximum absolute atomic E-state index is 13.2. The van der Waals surface area contributed by atoms with Crippen LogP contribution in [-0.2, 0) is 4.79 Å². The molecule has 0 aliphatic carbocycles. The van der Waals surface area contributed by atoms with Crippen molar-refractivity contribution in [1.82, 2.24) is 4.90 Å². The summed E-state index contributed by atoms with van der Waals surface area (Å²) in [5.41, 5.74) is 0. The molecule has 0 heterocycles. The third-order valence-electron chi connectivity index (χ3n) is 4.87. The number of carbonyl (C=O) groups is 1. The molecule has 27 heavy (non-hydrogen) atoms. The number of nitrogens with zero attached hydrogens (tertiary/aromatic N) is 1. The predicted octanol–water partition coefficient (Wildman–Crippen LogP) is 3.65. The first-order valence-electron chi connectivity index (χ1n) is 9.42. The predicted molar refractivity (Wildman–Crippen MR) is 119 cm³/mol. The van der Waals surface area contributed by atoms with E-state index in [1.807, 2.05) is 42.7 Å². The summed E-state index contributed by atoms with van der Waals surface area (Å²) in [6, 6.07) is 31.4. The molecule has 0 saturated carbocycles. The van der Waals surface area contributed by atoms with Crippen molar-refractivity contribution in [3.63, 3.8) is 0 Å². The molecule has 3 rings (SSSR count). The van der Waals surface area contributed by atoms with Crippen LogP contribution in [0.5, 0.6) is 0 Å². The van der Waals surface area contributed by atoms with Gasteiger partial charge in [0.2, 0.25) is 5.91 Å². The number of hydrogen-bond donors (Lipinski definition) is 0. The maximum Gasteiger partial charge on any atom is 0.247 e. The molecular formula is C24H26NOP. The zero-order valence-electron chi connectivity index (χ0n) is 16.0. The van der Waals surface area contributed by atoms with Gasteiger partial charge in [0, 0.05) is 18.9 Å². The second kappa shape index (κ2) is 8.88. The summed E-state index contributed by atoms with van der Waals surface area (Å²) in [7, 11) is 0. The SMILES string of the molecule is CCN(CC)C(=O)C=P(c1ccccc1)(c1ccccc1)c1ccccc1. The van der Waals surface area contributed by atoms with Gasteiger partial charge in [0.1, 0.15) is 0 Å². The lowest BCUT2D eigenvalue weighted by atomic mass is 10.4. The van der Waals surface area contributed by atoms with Gasteiger partial charge in [0.05, 0.1) is 0 Å². The summed E-state index contributed by atoms with van der Waals surface area (Å²) < 4.78 is 0. The Kier molecular flexibility index (Phi) is 6.32. The molecule has 138 valence electrons. The van der Waals surface area contributed by atoms with Crippen molar-refractivity contribution in [1.29, 1.82) is 0 Å². The summed E-state index contributed by atoms with van der Waals surface area (Å²) >= 11 is 0. The number of benzene rings is 3. The number of hydrogen-bond acceptors (Lipinski definition) is 1. The van der Waals surface area contributed by atoms with E-state index in [1.165, 1.54) is 15.9 Å². The Balaban J connectivity index is 2.38. The number of rotatable bonds is 6. The molecule has 0 fully saturated rings. The molecule has 0 radical (unpaired) electrons. The van der Waals surface area contributed by atoms with E-state index in [-0.39, 0.29) is 5.91 Å². The van der Waals surface area contributed by atoms with Gasteiger partial charge in [-0.15, -0.1) is 0 Å². The molecule has 0 atom stereocenters. The number of amides is 1. The molecule has 0 saturated heterocycles. The van der Waals surface area contributed by atoms with Crippen LogP contribution in [0.25, 0.3) is 0 Å². The van der Waals surface area contributed by atoms with Crippen molar-refractivity contribution >= 4 is 34.5 Å². The van der Waals surface area contributed by atoms with Gasteiger partial charge in [-0.2, -0.15) is 0 Å².